The van der Waals surface area contributed by atoms with Crippen molar-refractivity contribution in [2.45, 2.75) is 51.0 Å². The molecule has 4 nitrogen and oxygen atoms in total. The van der Waals surface area contributed by atoms with Crippen LogP contribution in [0.25, 0.3) is 0 Å². The molecule has 2 aliphatic rings. The molecule has 0 amide bonds. The molecule has 2 fully saturated rings. The lowest BCUT2D eigenvalue weighted by Gasteiger charge is -2.21. The van der Waals surface area contributed by atoms with Crippen LogP contribution in [0.1, 0.15) is 51.0 Å². The average Bonchev–Trinajstić information content (AvgIpc) is 3.11. The van der Waals surface area contributed by atoms with Crippen molar-refractivity contribution in [1.29, 1.82) is 0 Å². The van der Waals surface area contributed by atoms with Crippen LogP contribution in [0.5, 0.6) is 5.88 Å². The van der Waals surface area contributed by atoms with Crippen LogP contribution in [0.15, 0.2) is 12.3 Å². The van der Waals surface area contributed by atoms with Crippen molar-refractivity contribution < 1.29 is 4.74 Å². The highest BCUT2D eigenvalue weighted by molar-refractivity contribution is 5.06. The van der Waals surface area contributed by atoms with E-state index in [0.717, 1.165) is 19.0 Å². The second kappa shape index (κ2) is 6.42. The highest BCUT2D eigenvalue weighted by atomic mass is 16.5. The number of hydrogen-bond donors (Lipinski definition) is 0. The summed E-state index contributed by atoms with van der Waals surface area (Å²) in [6, 6.07) is 2.61. The molecule has 19 heavy (non-hydrogen) atoms. The molecule has 0 unspecified atom stereocenters. The maximum Gasteiger partial charge on any atom is 0.232 e. The van der Waals surface area contributed by atoms with Gasteiger partial charge in [-0.05, 0) is 38.8 Å². The number of aromatic nitrogens is 2. The first kappa shape index (κ1) is 13.0. The van der Waals surface area contributed by atoms with Gasteiger partial charge < -0.3 is 4.74 Å². The summed E-state index contributed by atoms with van der Waals surface area (Å²) in [5, 5.41) is 4.57. The van der Waals surface area contributed by atoms with Gasteiger partial charge in [0.1, 0.15) is 6.61 Å². The Labute approximate surface area is 115 Å². The smallest absolute Gasteiger partial charge is 0.232 e. The van der Waals surface area contributed by atoms with E-state index in [2.05, 4.69) is 20.9 Å². The first-order chi connectivity index (χ1) is 9.42. The van der Waals surface area contributed by atoms with E-state index in [0.29, 0.717) is 6.04 Å². The molecule has 3 rings (SSSR count). The Morgan fingerprint density at radius 1 is 1.11 bits per heavy atom. The monoisotopic (exact) mass is 263 g/mol. The zero-order chi connectivity index (χ0) is 12.9. The molecule has 0 bridgehead atoms. The number of hydrogen-bond acceptors (Lipinski definition) is 3. The fourth-order valence-corrected chi connectivity index (χ4v) is 3.23. The number of ether oxygens (including phenoxy) is 1. The van der Waals surface area contributed by atoms with Crippen LogP contribution in [0.2, 0.25) is 0 Å². The van der Waals surface area contributed by atoms with Crippen molar-refractivity contribution in [3.05, 3.63) is 12.3 Å². The van der Waals surface area contributed by atoms with Gasteiger partial charge in [-0.25, -0.2) is 0 Å². The van der Waals surface area contributed by atoms with Gasteiger partial charge in [-0.15, -0.1) is 5.10 Å². The summed E-state index contributed by atoms with van der Waals surface area (Å²) in [5.74, 6) is 0.796. The summed E-state index contributed by atoms with van der Waals surface area (Å²) >= 11 is 0. The molecule has 4 heteroatoms. The Bertz CT molecular complexity index is 378. The van der Waals surface area contributed by atoms with E-state index in [-0.39, 0.29) is 0 Å². The number of likely N-dealkylation sites (tertiary alicyclic amines) is 1. The molecule has 0 aromatic carbocycles. The van der Waals surface area contributed by atoms with E-state index in [1.807, 2.05) is 6.07 Å². The molecule has 1 aromatic heterocycles. The molecular formula is C15H25N3O. The third-order valence-electron chi connectivity index (χ3n) is 4.39. The minimum absolute atomic E-state index is 0.602. The lowest BCUT2D eigenvalue weighted by Crippen LogP contribution is -2.25. The summed E-state index contributed by atoms with van der Waals surface area (Å²) in [4.78, 5) is 2.47. The van der Waals surface area contributed by atoms with Gasteiger partial charge in [0.15, 0.2) is 0 Å². The Balaban J connectivity index is 1.44. The molecule has 106 valence electrons. The van der Waals surface area contributed by atoms with Crippen LogP contribution in [0.3, 0.4) is 0 Å². The molecule has 1 saturated heterocycles. The quantitative estimate of drug-likeness (QED) is 0.818. The zero-order valence-electron chi connectivity index (χ0n) is 11.8. The predicted octanol–water partition coefficient (Wildman–Crippen LogP) is 2.86. The van der Waals surface area contributed by atoms with Gasteiger partial charge >= 0.3 is 0 Å². The fraction of sp³-hybridized carbons (Fsp3) is 0.800. The minimum Gasteiger partial charge on any atom is -0.475 e. The second-order valence-corrected chi connectivity index (χ2v) is 5.82. The van der Waals surface area contributed by atoms with Gasteiger partial charge in [0.05, 0.1) is 6.04 Å². The van der Waals surface area contributed by atoms with E-state index >= 15 is 0 Å². The molecule has 1 aromatic rings. The Morgan fingerprint density at radius 2 is 1.89 bits per heavy atom. The highest BCUT2D eigenvalue weighted by Gasteiger charge is 2.16. The van der Waals surface area contributed by atoms with Crippen molar-refractivity contribution in [2.75, 3.05) is 26.2 Å². The van der Waals surface area contributed by atoms with Gasteiger partial charge in [0.25, 0.3) is 0 Å². The molecular weight excluding hydrogens is 238 g/mol. The minimum atomic E-state index is 0.602. The molecule has 0 spiro atoms. The van der Waals surface area contributed by atoms with Crippen LogP contribution in [0, 0.1) is 0 Å². The molecule has 1 aliphatic carbocycles. The standard InChI is InChI=1S/C15H25N3O/c1-2-6-14(7-3-1)18-11-8-15(16-18)19-13-12-17-9-4-5-10-17/h8,11,14H,1-7,9-10,12-13H2. The number of nitrogens with zero attached hydrogens (tertiary/aromatic N) is 3. The first-order valence-corrected chi connectivity index (χ1v) is 7.82. The van der Waals surface area contributed by atoms with E-state index in [1.165, 1.54) is 58.0 Å². The third kappa shape index (κ3) is 3.50. The summed E-state index contributed by atoms with van der Waals surface area (Å²) in [5.41, 5.74) is 0. The van der Waals surface area contributed by atoms with Crippen LogP contribution in [-0.2, 0) is 0 Å². The van der Waals surface area contributed by atoms with Crippen molar-refractivity contribution in [3.63, 3.8) is 0 Å². The van der Waals surface area contributed by atoms with Crippen molar-refractivity contribution in [3.8, 4) is 5.88 Å². The summed E-state index contributed by atoms with van der Waals surface area (Å²) in [7, 11) is 0. The molecule has 0 atom stereocenters. The van der Waals surface area contributed by atoms with Gasteiger partial charge in [-0.2, -0.15) is 0 Å². The van der Waals surface area contributed by atoms with Crippen LogP contribution in [-0.4, -0.2) is 40.9 Å². The van der Waals surface area contributed by atoms with E-state index in [9.17, 15) is 0 Å². The predicted molar refractivity (Wildman–Crippen MR) is 75.5 cm³/mol. The molecule has 0 radical (unpaired) electrons. The Hall–Kier alpha value is -1.03. The zero-order valence-corrected chi connectivity index (χ0v) is 11.8. The third-order valence-corrected chi connectivity index (χ3v) is 4.39. The average molecular weight is 263 g/mol. The summed E-state index contributed by atoms with van der Waals surface area (Å²) in [6.45, 7) is 4.28. The molecule has 2 heterocycles. The topological polar surface area (TPSA) is 30.3 Å². The van der Waals surface area contributed by atoms with Crippen molar-refractivity contribution >= 4 is 0 Å². The van der Waals surface area contributed by atoms with E-state index < -0.39 is 0 Å². The summed E-state index contributed by atoms with van der Waals surface area (Å²) in [6.07, 6.45) is 11.4. The maximum absolute atomic E-state index is 5.77. The van der Waals surface area contributed by atoms with Crippen molar-refractivity contribution in [2.24, 2.45) is 0 Å². The second-order valence-electron chi connectivity index (χ2n) is 5.82. The van der Waals surface area contributed by atoms with E-state index in [4.69, 9.17) is 4.74 Å². The Morgan fingerprint density at radius 3 is 2.68 bits per heavy atom. The molecule has 0 N–H and O–H groups in total. The van der Waals surface area contributed by atoms with Crippen LogP contribution < -0.4 is 4.74 Å². The van der Waals surface area contributed by atoms with Gasteiger partial charge in [0, 0.05) is 18.8 Å². The first-order valence-electron chi connectivity index (χ1n) is 7.82. The van der Waals surface area contributed by atoms with Gasteiger partial charge in [-0.3, -0.25) is 9.58 Å². The lowest BCUT2D eigenvalue weighted by molar-refractivity contribution is 0.227. The maximum atomic E-state index is 5.77. The fourth-order valence-electron chi connectivity index (χ4n) is 3.23. The normalized spacial score (nSPS) is 21.9. The number of rotatable bonds is 5. The molecule has 1 aliphatic heterocycles. The largest absolute Gasteiger partial charge is 0.475 e. The summed E-state index contributed by atoms with van der Waals surface area (Å²) < 4.78 is 7.88. The Kier molecular flexibility index (Phi) is 4.38. The SMILES string of the molecule is c1cn(C2CCCCC2)nc1OCCN1CCCC1. The van der Waals surface area contributed by atoms with Gasteiger partial charge in [0.2, 0.25) is 5.88 Å². The molecule has 1 saturated carbocycles. The lowest BCUT2D eigenvalue weighted by atomic mass is 9.96. The van der Waals surface area contributed by atoms with Crippen LogP contribution >= 0.6 is 0 Å². The highest BCUT2D eigenvalue weighted by Crippen LogP contribution is 2.28. The van der Waals surface area contributed by atoms with E-state index in [1.54, 1.807) is 0 Å². The van der Waals surface area contributed by atoms with Gasteiger partial charge in [-0.1, -0.05) is 19.3 Å². The van der Waals surface area contributed by atoms with Crippen molar-refractivity contribution in [1.82, 2.24) is 14.7 Å². The van der Waals surface area contributed by atoms with Crippen LogP contribution in [0.4, 0.5) is 0 Å².